The molecule has 1 rings (SSSR count). The van der Waals surface area contributed by atoms with Crippen LogP contribution in [0.1, 0.15) is 37.8 Å². The second kappa shape index (κ2) is 9.99. The van der Waals surface area contributed by atoms with E-state index in [2.05, 4.69) is 35.9 Å². The lowest BCUT2D eigenvalue weighted by Gasteiger charge is -2.19. The highest BCUT2D eigenvalue weighted by Crippen LogP contribution is 2.29. The van der Waals surface area contributed by atoms with Crippen molar-refractivity contribution in [3.05, 3.63) is 35.4 Å². The minimum Gasteiger partial charge on any atom is -0.344 e. The summed E-state index contributed by atoms with van der Waals surface area (Å²) in [6.45, 7) is 6.25. The predicted octanol–water partition coefficient (Wildman–Crippen LogP) is 3.30. The Hall–Kier alpha value is -2.00. The molecule has 132 valence electrons. The smallest absolute Gasteiger partial charge is 0.344 e. The summed E-state index contributed by atoms with van der Waals surface area (Å²) in [5, 5.41) is 2.67. The summed E-state index contributed by atoms with van der Waals surface area (Å²) in [6.07, 6.45) is -2.43. The third kappa shape index (κ3) is 7.51. The van der Waals surface area contributed by atoms with E-state index in [9.17, 15) is 18.0 Å². The first kappa shape index (κ1) is 20.0. The van der Waals surface area contributed by atoms with Crippen LogP contribution in [0, 0.1) is 11.8 Å². The molecule has 3 nitrogen and oxygen atoms in total. The number of alkyl halides is 3. The number of hydrogen-bond acceptors (Lipinski definition) is 2. The molecule has 0 spiro atoms. The maximum Gasteiger partial charge on any atom is 0.416 e. The van der Waals surface area contributed by atoms with E-state index in [1.807, 2.05) is 0 Å². The van der Waals surface area contributed by atoms with E-state index in [0.29, 0.717) is 6.54 Å². The standard InChI is InChI=1S/C18H23F3N2O/c1-3-11-23(12-4-2)14-17(24)22-10-6-8-15-7-5-9-16(13-15)18(19,20)21/h5,7,9,13H,3-4,10-12,14H2,1-2H3,(H,22,24). The van der Waals surface area contributed by atoms with Gasteiger partial charge in [-0.05, 0) is 44.1 Å². The Bertz CT molecular complexity index is 582. The second-order valence-electron chi connectivity index (χ2n) is 5.43. The van der Waals surface area contributed by atoms with Gasteiger partial charge in [0.05, 0.1) is 18.7 Å². The van der Waals surface area contributed by atoms with E-state index < -0.39 is 11.7 Å². The molecule has 0 unspecified atom stereocenters. The van der Waals surface area contributed by atoms with Crippen LogP contribution in [0.4, 0.5) is 13.2 Å². The molecule has 1 aromatic rings. The Labute approximate surface area is 141 Å². The first-order valence-electron chi connectivity index (χ1n) is 8.02. The molecule has 0 heterocycles. The summed E-state index contributed by atoms with van der Waals surface area (Å²) in [6, 6.07) is 4.83. The van der Waals surface area contributed by atoms with Crippen LogP contribution in [0.25, 0.3) is 0 Å². The van der Waals surface area contributed by atoms with Gasteiger partial charge in [-0.15, -0.1) is 0 Å². The molecular weight excluding hydrogens is 317 g/mol. The number of amides is 1. The average molecular weight is 340 g/mol. The van der Waals surface area contributed by atoms with Crippen molar-refractivity contribution >= 4 is 5.91 Å². The molecule has 0 bridgehead atoms. The van der Waals surface area contributed by atoms with Crippen molar-refractivity contribution in [1.29, 1.82) is 0 Å². The number of nitrogens with one attached hydrogen (secondary N) is 1. The zero-order chi connectivity index (χ0) is 18.0. The van der Waals surface area contributed by atoms with Gasteiger partial charge in [0.15, 0.2) is 0 Å². The maximum absolute atomic E-state index is 12.6. The highest BCUT2D eigenvalue weighted by Gasteiger charge is 2.30. The zero-order valence-corrected chi connectivity index (χ0v) is 14.0. The lowest BCUT2D eigenvalue weighted by atomic mass is 10.1. The van der Waals surface area contributed by atoms with E-state index >= 15 is 0 Å². The van der Waals surface area contributed by atoms with Crippen molar-refractivity contribution in [3.8, 4) is 11.8 Å². The number of benzene rings is 1. The molecule has 0 saturated carbocycles. The van der Waals surface area contributed by atoms with Crippen molar-refractivity contribution in [2.24, 2.45) is 0 Å². The maximum atomic E-state index is 12.6. The van der Waals surface area contributed by atoms with Crippen molar-refractivity contribution in [2.75, 3.05) is 26.2 Å². The van der Waals surface area contributed by atoms with Crippen LogP contribution in [-0.2, 0) is 11.0 Å². The van der Waals surface area contributed by atoms with Gasteiger partial charge in [-0.1, -0.05) is 31.8 Å². The normalized spacial score (nSPS) is 11.1. The van der Waals surface area contributed by atoms with Gasteiger partial charge in [-0.2, -0.15) is 13.2 Å². The minimum absolute atomic E-state index is 0.112. The molecule has 0 aliphatic rings. The number of carbonyl (C=O) groups is 1. The van der Waals surface area contributed by atoms with Gasteiger partial charge >= 0.3 is 6.18 Å². The first-order chi connectivity index (χ1) is 11.4. The zero-order valence-electron chi connectivity index (χ0n) is 14.0. The van der Waals surface area contributed by atoms with Gasteiger partial charge in [0.25, 0.3) is 0 Å². The van der Waals surface area contributed by atoms with Crippen molar-refractivity contribution < 1.29 is 18.0 Å². The van der Waals surface area contributed by atoms with Crippen LogP contribution in [0.3, 0.4) is 0 Å². The number of rotatable bonds is 7. The number of nitrogens with zero attached hydrogens (tertiary/aromatic N) is 1. The molecule has 0 atom stereocenters. The number of carbonyl (C=O) groups excluding carboxylic acids is 1. The number of halogens is 3. The summed E-state index contributed by atoms with van der Waals surface area (Å²) in [5.41, 5.74) is -0.453. The van der Waals surface area contributed by atoms with Crippen LogP contribution in [0.2, 0.25) is 0 Å². The van der Waals surface area contributed by atoms with Gasteiger partial charge in [0, 0.05) is 5.56 Å². The summed E-state index contributed by atoms with van der Waals surface area (Å²) in [5.74, 6) is 5.19. The number of hydrogen-bond donors (Lipinski definition) is 1. The topological polar surface area (TPSA) is 32.3 Å². The van der Waals surface area contributed by atoms with Crippen LogP contribution in [-0.4, -0.2) is 37.0 Å². The van der Waals surface area contributed by atoms with Crippen molar-refractivity contribution in [1.82, 2.24) is 10.2 Å². The fraction of sp³-hybridized carbons (Fsp3) is 0.500. The van der Waals surface area contributed by atoms with Crippen LogP contribution in [0.15, 0.2) is 24.3 Å². The Morgan fingerprint density at radius 3 is 2.46 bits per heavy atom. The van der Waals surface area contributed by atoms with Crippen LogP contribution in [0.5, 0.6) is 0 Å². The van der Waals surface area contributed by atoms with Gasteiger partial charge in [-0.3, -0.25) is 9.69 Å². The molecule has 0 aliphatic carbocycles. The third-order valence-electron chi connectivity index (χ3n) is 3.24. The van der Waals surface area contributed by atoms with Crippen molar-refractivity contribution in [3.63, 3.8) is 0 Å². The second-order valence-corrected chi connectivity index (χ2v) is 5.43. The van der Waals surface area contributed by atoms with Gasteiger partial charge in [0.2, 0.25) is 5.91 Å². The average Bonchev–Trinajstić information content (AvgIpc) is 2.51. The van der Waals surface area contributed by atoms with Crippen LogP contribution < -0.4 is 5.32 Å². The fourth-order valence-corrected chi connectivity index (χ4v) is 2.22. The highest BCUT2D eigenvalue weighted by atomic mass is 19.4. The van der Waals surface area contributed by atoms with E-state index in [1.165, 1.54) is 12.1 Å². The summed E-state index contributed by atoms with van der Waals surface area (Å²) < 4.78 is 37.8. The first-order valence-corrected chi connectivity index (χ1v) is 8.02. The van der Waals surface area contributed by atoms with E-state index in [-0.39, 0.29) is 18.0 Å². The Kier molecular flexibility index (Phi) is 8.34. The third-order valence-corrected chi connectivity index (χ3v) is 3.24. The van der Waals surface area contributed by atoms with E-state index in [0.717, 1.165) is 38.1 Å². The molecule has 1 amide bonds. The molecule has 1 N–H and O–H groups in total. The minimum atomic E-state index is -4.38. The van der Waals surface area contributed by atoms with Crippen molar-refractivity contribution in [2.45, 2.75) is 32.9 Å². The summed E-state index contributed by atoms with van der Waals surface area (Å²) >= 11 is 0. The predicted molar refractivity (Wildman–Crippen MR) is 88.4 cm³/mol. The van der Waals surface area contributed by atoms with Gasteiger partial charge in [-0.25, -0.2) is 0 Å². The monoisotopic (exact) mass is 340 g/mol. The van der Waals surface area contributed by atoms with Gasteiger partial charge in [0.1, 0.15) is 0 Å². The Morgan fingerprint density at radius 1 is 1.21 bits per heavy atom. The molecule has 0 fully saturated rings. The Morgan fingerprint density at radius 2 is 1.88 bits per heavy atom. The lowest BCUT2D eigenvalue weighted by molar-refractivity contribution is -0.137. The summed E-state index contributed by atoms with van der Waals surface area (Å²) in [7, 11) is 0. The molecule has 0 aliphatic heterocycles. The Balaban J connectivity index is 2.50. The fourth-order valence-electron chi connectivity index (χ4n) is 2.22. The van der Waals surface area contributed by atoms with Gasteiger partial charge < -0.3 is 5.32 Å². The van der Waals surface area contributed by atoms with E-state index in [4.69, 9.17) is 0 Å². The quantitative estimate of drug-likeness (QED) is 0.773. The summed E-state index contributed by atoms with van der Waals surface area (Å²) in [4.78, 5) is 13.9. The highest BCUT2D eigenvalue weighted by molar-refractivity contribution is 5.78. The molecule has 0 saturated heterocycles. The molecule has 0 aromatic heterocycles. The lowest BCUT2D eigenvalue weighted by Crippen LogP contribution is -2.38. The molecule has 0 radical (unpaired) electrons. The largest absolute Gasteiger partial charge is 0.416 e. The van der Waals surface area contributed by atoms with Crippen LogP contribution >= 0.6 is 0 Å². The SMILES string of the molecule is CCCN(CCC)CC(=O)NCC#Cc1cccc(C(F)(F)F)c1. The molecule has 1 aromatic carbocycles. The molecule has 6 heteroatoms. The molecule has 24 heavy (non-hydrogen) atoms. The van der Waals surface area contributed by atoms with E-state index in [1.54, 1.807) is 0 Å². The molecular formula is C18H23F3N2O.